The number of likely N-dealkylation sites (tertiary alicyclic amines) is 1. The number of piperidine rings is 1. The number of hydrogen-bond donors (Lipinski definition) is 0. The van der Waals surface area contributed by atoms with E-state index in [1.54, 1.807) is 4.90 Å². The molecule has 2 nitrogen and oxygen atoms in total. The number of carbonyl (C=O) groups is 1. The Balaban J connectivity index is 2.48. The van der Waals surface area contributed by atoms with Gasteiger partial charge in [-0.3, -0.25) is 4.79 Å². The fourth-order valence-electron chi connectivity index (χ4n) is 1.20. The van der Waals surface area contributed by atoms with Crippen LogP contribution in [0.25, 0.3) is 0 Å². The SMILES string of the molecule is C=C1CCN(C=O)CC1C. The average molecular weight is 139 g/mol. The fraction of sp³-hybridized carbons (Fsp3) is 0.625. The summed E-state index contributed by atoms with van der Waals surface area (Å²) in [5.41, 5.74) is 1.28. The molecule has 0 aliphatic carbocycles. The van der Waals surface area contributed by atoms with Gasteiger partial charge in [0.1, 0.15) is 0 Å². The lowest BCUT2D eigenvalue weighted by atomic mass is 9.95. The van der Waals surface area contributed by atoms with Crippen LogP contribution in [0.2, 0.25) is 0 Å². The van der Waals surface area contributed by atoms with Gasteiger partial charge in [-0.05, 0) is 12.3 Å². The molecule has 1 aliphatic rings. The fourth-order valence-corrected chi connectivity index (χ4v) is 1.20. The third-order valence-electron chi connectivity index (χ3n) is 2.07. The Bertz CT molecular complexity index is 153. The average Bonchev–Trinajstić information content (AvgIpc) is 1.95. The second-order valence-corrected chi connectivity index (χ2v) is 2.91. The molecule has 0 bridgehead atoms. The van der Waals surface area contributed by atoms with E-state index >= 15 is 0 Å². The van der Waals surface area contributed by atoms with Crippen molar-refractivity contribution >= 4 is 6.41 Å². The normalized spacial score (nSPS) is 26.7. The molecular weight excluding hydrogens is 126 g/mol. The maximum Gasteiger partial charge on any atom is 0.209 e. The van der Waals surface area contributed by atoms with Gasteiger partial charge in [0.05, 0.1) is 0 Å². The summed E-state index contributed by atoms with van der Waals surface area (Å²) < 4.78 is 0. The van der Waals surface area contributed by atoms with Gasteiger partial charge in [0.2, 0.25) is 6.41 Å². The summed E-state index contributed by atoms with van der Waals surface area (Å²) in [6.45, 7) is 7.73. The van der Waals surface area contributed by atoms with Crippen LogP contribution in [0.1, 0.15) is 13.3 Å². The highest BCUT2D eigenvalue weighted by molar-refractivity contribution is 5.47. The van der Waals surface area contributed by atoms with E-state index in [2.05, 4.69) is 13.5 Å². The van der Waals surface area contributed by atoms with Gasteiger partial charge in [0.15, 0.2) is 0 Å². The zero-order valence-corrected chi connectivity index (χ0v) is 6.34. The molecule has 1 amide bonds. The number of hydrogen-bond acceptors (Lipinski definition) is 1. The Kier molecular flexibility index (Phi) is 2.10. The van der Waals surface area contributed by atoms with Crippen molar-refractivity contribution in [1.82, 2.24) is 4.90 Å². The van der Waals surface area contributed by atoms with Gasteiger partial charge in [-0.1, -0.05) is 19.1 Å². The smallest absolute Gasteiger partial charge is 0.209 e. The summed E-state index contributed by atoms with van der Waals surface area (Å²) in [6, 6.07) is 0. The molecule has 0 aromatic rings. The van der Waals surface area contributed by atoms with Gasteiger partial charge in [0.25, 0.3) is 0 Å². The van der Waals surface area contributed by atoms with Crippen LogP contribution in [0.15, 0.2) is 12.2 Å². The van der Waals surface area contributed by atoms with Crippen LogP contribution in [-0.2, 0) is 4.79 Å². The van der Waals surface area contributed by atoms with E-state index in [1.807, 2.05) is 0 Å². The van der Waals surface area contributed by atoms with Crippen molar-refractivity contribution < 1.29 is 4.79 Å². The van der Waals surface area contributed by atoms with Crippen molar-refractivity contribution in [2.24, 2.45) is 5.92 Å². The second kappa shape index (κ2) is 2.86. The van der Waals surface area contributed by atoms with Crippen molar-refractivity contribution in [3.05, 3.63) is 12.2 Å². The van der Waals surface area contributed by atoms with Crippen LogP contribution in [0.3, 0.4) is 0 Å². The predicted octanol–water partition coefficient (Wildman–Crippen LogP) is 1.04. The zero-order chi connectivity index (χ0) is 7.56. The van der Waals surface area contributed by atoms with Crippen molar-refractivity contribution in [1.29, 1.82) is 0 Å². The molecule has 2 heteroatoms. The maximum absolute atomic E-state index is 10.3. The third-order valence-corrected chi connectivity index (χ3v) is 2.07. The van der Waals surface area contributed by atoms with E-state index in [0.29, 0.717) is 5.92 Å². The highest BCUT2D eigenvalue weighted by atomic mass is 16.1. The second-order valence-electron chi connectivity index (χ2n) is 2.91. The Hall–Kier alpha value is -0.790. The minimum Gasteiger partial charge on any atom is -0.344 e. The molecule has 10 heavy (non-hydrogen) atoms. The molecule has 1 saturated heterocycles. The van der Waals surface area contributed by atoms with Gasteiger partial charge in [-0.25, -0.2) is 0 Å². The molecule has 1 heterocycles. The molecule has 1 rings (SSSR count). The van der Waals surface area contributed by atoms with E-state index in [0.717, 1.165) is 25.9 Å². The lowest BCUT2D eigenvalue weighted by Crippen LogP contribution is -2.34. The Morgan fingerprint density at radius 2 is 2.50 bits per heavy atom. The lowest BCUT2D eigenvalue weighted by molar-refractivity contribution is -0.119. The van der Waals surface area contributed by atoms with Crippen LogP contribution < -0.4 is 0 Å². The minimum absolute atomic E-state index is 0.485. The van der Waals surface area contributed by atoms with Crippen LogP contribution >= 0.6 is 0 Å². The Morgan fingerprint density at radius 3 is 3.00 bits per heavy atom. The number of rotatable bonds is 1. The first kappa shape index (κ1) is 7.32. The van der Waals surface area contributed by atoms with Crippen LogP contribution in [0.4, 0.5) is 0 Å². The van der Waals surface area contributed by atoms with Gasteiger partial charge in [-0.2, -0.15) is 0 Å². The largest absolute Gasteiger partial charge is 0.344 e. The molecule has 0 spiro atoms. The van der Waals surface area contributed by atoms with Crippen LogP contribution in [0.5, 0.6) is 0 Å². The summed E-state index contributed by atoms with van der Waals surface area (Å²) in [4.78, 5) is 12.1. The first-order valence-electron chi connectivity index (χ1n) is 3.61. The molecular formula is C8H13NO. The third kappa shape index (κ3) is 1.38. The standard InChI is InChI=1S/C8H13NO/c1-7-3-4-9(6-10)5-8(7)2/h6,8H,1,3-5H2,2H3. The Morgan fingerprint density at radius 1 is 1.80 bits per heavy atom. The molecule has 1 unspecified atom stereocenters. The van der Waals surface area contributed by atoms with Crippen molar-refractivity contribution in [3.63, 3.8) is 0 Å². The van der Waals surface area contributed by atoms with E-state index in [-0.39, 0.29) is 0 Å². The topological polar surface area (TPSA) is 20.3 Å². The first-order valence-corrected chi connectivity index (χ1v) is 3.61. The first-order chi connectivity index (χ1) is 4.74. The van der Waals surface area contributed by atoms with Crippen molar-refractivity contribution in [3.8, 4) is 0 Å². The molecule has 0 radical (unpaired) electrons. The number of nitrogens with zero attached hydrogens (tertiary/aromatic N) is 1. The van der Waals surface area contributed by atoms with Crippen molar-refractivity contribution in [2.75, 3.05) is 13.1 Å². The van der Waals surface area contributed by atoms with Crippen LogP contribution in [-0.4, -0.2) is 24.4 Å². The maximum atomic E-state index is 10.3. The number of amides is 1. The quantitative estimate of drug-likeness (QED) is 0.392. The van der Waals surface area contributed by atoms with Crippen molar-refractivity contribution in [2.45, 2.75) is 13.3 Å². The summed E-state index contributed by atoms with van der Waals surface area (Å²) in [5.74, 6) is 0.485. The van der Waals surface area contributed by atoms with Gasteiger partial charge in [0, 0.05) is 13.1 Å². The summed E-state index contributed by atoms with van der Waals surface area (Å²) in [5, 5.41) is 0. The molecule has 56 valence electrons. The number of carbonyl (C=O) groups excluding carboxylic acids is 1. The summed E-state index contributed by atoms with van der Waals surface area (Å²) in [7, 11) is 0. The molecule has 1 fully saturated rings. The van der Waals surface area contributed by atoms with Crippen LogP contribution in [0, 0.1) is 5.92 Å². The molecule has 0 saturated carbocycles. The Labute approximate surface area is 61.5 Å². The lowest BCUT2D eigenvalue weighted by Gasteiger charge is -2.29. The van der Waals surface area contributed by atoms with E-state index < -0.39 is 0 Å². The predicted molar refractivity (Wildman–Crippen MR) is 40.6 cm³/mol. The molecule has 0 aromatic heterocycles. The van der Waals surface area contributed by atoms with Gasteiger partial charge >= 0.3 is 0 Å². The minimum atomic E-state index is 0.485. The van der Waals surface area contributed by atoms with Gasteiger partial charge < -0.3 is 4.90 Å². The molecule has 1 aliphatic heterocycles. The highest BCUT2D eigenvalue weighted by Gasteiger charge is 2.16. The van der Waals surface area contributed by atoms with E-state index in [9.17, 15) is 4.79 Å². The molecule has 1 atom stereocenters. The van der Waals surface area contributed by atoms with E-state index in [1.165, 1.54) is 5.57 Å². The summed E-state index contributed by atoms with van der Waals surface area (Å²) >= 11 is 0. The van der Waals surface area contributed by atoms with E-state index in [4.69, 9.17) is 0 Å². The zero-order valence-electron chi connectivity index (χ0n) is 6.34. The molecule has 0 aromatic carbocycles. The summed E-state index contributed by atoms with van der Waals surface area (Å²) in [6.07, 6.45) is 1.89. The molecule has 0 N–H and O–H groups in total. The monoisotopic (exact) mass is 139 g/mol. The van der Waals surface area contributed by atoms with Gasteiger partial charge in [-0.15, -0.1) is 0 Å². The highest BCUT2D eigenvalue weighted by Crippen LogP contribution is 2.18.